The lowest BCUT2D eigenvalue weighted by atomic mass is 10.0. The van der Waals surface area contributed by atoms with E-state index in [-0.39, 0.29) is 36.0 Å². The predicted molar refractivity (Wildman–Crippen MR) is 119 cm³/mol. The van der Waals surface area contributed by atoms with Gasteiger partial charge >= 0.3 is 0 Å². The largest absolute Gasteiger partial charge is 0.358 e. The Bertz CT molecular complexity index is 758. The fourth-order valence-corrected chi connectivity index (χ4v) is 4.34. The number of fused-ring (bicyclic) bond motifs is 1. The van der Waals surface area contributed by atoms with Crippen LogP contribution in [0.5, 0.6) is 0 Å². The van der Waals surface area contributed by atoms with Crippen LogP contribution in [-0.2, 0) is 9.59 Å². The quantitative estimate of drug-likeness (QED) is 0.508. The Morgan fingerprint density at radius 2 is 2.07 bits per heavy atom. The molecule has 0 radical (unpaired) electrons. The summed E-state index contributed by atoms with van der Waals surface area (Å²) in [4.78, 5) is 26.5. The second-order valence-electron chi connectivity index (χ2n) is 7.91. The fourth-order valence-electron chi connectivity index (χ4n) is 3.93. The molecule has 7 nitrogen and oxygen atoms in total. The molecule has 2 heterocycles. The van der Waals surface area contributed by atoms with Gasteiger partial charge < -0.3 is 21.3 Å². The number of piperazine rings is 1. The highest BCUT2D eigenvalue weighted by Gasteiger charge is 2.43. The minimum Gasteiger partial charge on any atom is -0.358 e. The van der Waals surface area contributed by atoms with Crippen LogP contribution in [0.4, 0.5) is 5.69 Å². The van der Waals surface area contributed by atoms with Crippen LogP contribution in [0.2, 0.25) is 5.02 Å². The molecule has 29 heavy (non-hydrogen) atoms. The first-order chi connectivity index (χ1) is 13.8. The topological polar surface area (TPSA) is 85.5 Å². The van der Waals surface area contributed by atoms with Gasteiger partial charge in [-0.05, 0) is 63.2 Å². The molecule has 4 N–H and O–H groups in total. The Kier molecular flexibility index (Phi) is 7.32. The maximum atomic E-state index is 12.3. The highest BCUT2D eigenvalue weighted by atomic mass is 35.5. The van der Waals surface area contributed by atoms with Crippen LogP contribution in [0.25, 0.3) is 0 Å². The second kappa shape index (κ2) is 9.73. The van der Waals surface area contributed by atoms with Crippen molar-refractivity contribution in [1.82, 2.24) is 20.9 Å². The molecule has 158 valence electrons. The maximum absolute atomic E-state index is 12.3. The number of carbonyl (C=O) groups is 2. The van der Waals surface area contributed by atoms with Crippen LogP contribution in [0.3, 0.4) is 0 Å². The van der Waals surface area contributed by atoms with Crippen LogP contribution in [0.15, 0.2) is 24.3 Å². The SMILES string of the molecule is CC(C)NC(=O)CCC1CNC(=O)C2CC(NC(=S)Nc3ccc(Cl)cc3)CN12. The van der Waals surface area contributed by atoms with Gasteiger partial charge in [0.1, 0.15) is 0 Å². The highest BCUT2D eigenvalue weighted by molar-refractivity contribution is 7.80. The summed E-state index contributed by atoms with van der Waals surface area (Å²) in [6, 6.07) is 7.50. The van der Waals surface area contributed by atoms with Crippen molar-refractivity contribution in [3.63, 3.8) is 0 Å². The van der Waals surface area contributed by atoms with Crippen LogP contribution in [0.1, 0.15) is 33.1 Å². The molecule has 0 saturated carbocycles. The third kappa shape index (κ3) is 6.04. The summed E-state index contributed by atoms with van der Waals surface area (Å²) < 4.78 is 0. The maximum Gasteiger partial charge on any atom is 0.237 e. The average Bonchev–Trinajstić information content (AvgIpc) is 3.07. The Labute approximate surface area is 181 Å². The molecule has 2 saturated heterocycles. The van der Waals surface area contributed by atoms with E-state index in [0.717, 1.165) is 18.7 Å². The van der Waals surface area contributed by atoms with E-state index < -0.39 is 0 Å². The van der Waals surface area contributed by atoms with Crippen LogP contribution in [0, 0.1) is 0 Å². The summed E-state index contributed by atoms with van der Waals surface area (Å²) in [6.45, 7) is 5.19. The zero-order valence-corrected chi connectivity index (χ0v) is 18.3. The van der Waals surface area contributed by atoms with E-state index >= 15 is 0 Å². The molecule has 2 amide bonds. The number of benzene rings is 1. The Hall–Kier alpha value is -1.90. The molecule has 9 heteroatoms. The number of amides is 2. The van der Waals surface area contributed by atoms with E-state index in [2.05, 4.69) is 26.2 Å². The lowest BCUT2D eigenvalue weighted by molar-refractivity contribution is -0.129. The van der Waals surface area contributed by atoms with Gasteiger partial charge in [-0.1, -0.05) is 11.6 Å². The molecule has 3 atom stereocenters. The molecule has 1 aromatic rings. The number of hydrogen-bond donors (Lipinski definition) is 4. The number of hydrogen-bond acceptors (Lipinski definition) is 4. The minimum absolute atomic E-state index is 0.0498. The number of halogens is 1. The van der Waals surface area contributed by atoms with E-state index in [1.165, 1.54) is 0 Å². The van der Waals surface area contributed by atoms with E-state index in [1.54, 1.807) is 12.1 Å². The summed E-state index contributed by atoms with van der Waals surface area (Å²) in [5.41, 5.74) is 0.856. The first kappa shape index (κ1) is 21.8. The highest BCUT2D eigenvalue weighted by Crippen LogP contribution is 2.26. The van der Waals surface area contributed by atoms with Crippen molar-refractivity contribution in [1.29, 1.82) is 0 Å². The predicted octanol–water partition coefficient (Wildman–Crippen LogP) is 1.87. The number of nitrogens with one attached hydrogen (secondary N) is 4. The molecule has 0 bridgehead atoms. The van der Waals surface area contributed by atoms with Crippen molar-refractivity contribution < 1.29 is 9.59 Å². The Balaban J connectivity index is 1.53. The van der Waals surface area contributed by atoms with Gasteiger partial charge in [-0.3, -0.25) is 14.5 Å². The molecule has 0 aromatic heterocycles. The van der Waals surface area contributed by atoms with Gasteiger partial charge in [-0.2, -0.15) is 0 Å². The first-order valence-corrected chi connectivity index (χ1v) is 10.8. The molecule has 2 fully saturated rings. The van der Waals surface area contributed by atoms with Crippen LogP contribution >= 0.6 is 23.8 Å². The number of rotatable bonds is 6. The molecule has 3 rings (SSSR count). The second-order valence-corrected chi connectivity index (χ2v) is 8.76. The monoisotopic (exact) mass is 437 g/mol. The average molecular weight is 438 g/mol. The van der Waals surface area contributed by atoms with E-state index in [9.17, 15) is 9.59 Å². The number of anilines is 1. The summed E-state index contributed by atoms with van der Waals surface area (Å²) in [5, 5.41) is 13.6. The summed E-state index contributed by atoms with van der Waals surface area (Å²) in [6.07, 6.45) is 1.86. The standard InChI is InChI=1S/C20H28ClN5O2S/c1-12(2)23-18(27)8-7-16-10-22-19(28)17-9-15(11-26(16)17)25-20(29)24-14-5-3-13(21)4-6-14/h3-6,12,15-17H,7-11H2,1-2H3,(H,22,28)(H,23,27)(H2,24,25,29). The fraction of sp³-hybridized carbons (Fsp3) is 0.550. The Morgan fingerprint density at radius 1 is 1.34 bits per heavy atom. The number of thiocarbonyl (C=S) groups is 1. The number of carbonyl (C=O) groups excluding carboxylic acids is 2. The van der Waals surface area contributed by atoms with E-state index in [1.807, 2.05) is 26.0 Å². The lowest BCUT2D eigenvalue weighted by Gasteiger charge is -2.37. The van der Waals surface area contributed by atoms with Gasteiger partial charge in [0.15, 0.2) is 5.11 Å². The zero-order valence-electron chi connectivity index (χ0n) is 16.7. The first-order valence-electron chi connectivity index (χ1n) is 9.97. The van der Waals surface area contributed by atoms with Crippen molar-refractivity contribution >= 4 is 46.4 Å². The molecule has 3 unspecified atom stereocenters. The van der Waals surface area contributed by atoms with Gasteiger partial charge in [0.2, 0.25) is 11.8 Å². The lowest BCUT2D eigenvalue weighted by Crippen LogP contribution is -2.58. The van der Waals surface area contributed by atoms with Crippen molar-refractivity contribution in [2.75, 3.05) is 18.4 Å². The molecular formula is C20H28ClN5O2S. The van der Waals surface area contributed by atoms with Crippen LogP contribution in [-0.4, -0.2) is 59.1 Å². The van der Waals surface area contributed by atoms with E-state index in [4.69, 9.17) is 23.8 Å². The summed E-state index contributed by atoms with van der Waals surface area (Å²) >= 11 is 11.3. The van der Waals surface area contributed by atoms with Gasteiger partial charge in [-0.15, -0.1) is 0 Å². The summed E-state index contributed by atoms with van der Waals surface area (Å²) in [7, 11) is 0. The van der Waals surface area contributed by atoms with Gasteiger partial charge in [0.05, 0.1) is 6.04 Å². The van der Waals surface area contributed by atoms with Crippen molar-refractivity contribution in [2.45, 2.75) is 57.3 Å². The van der Waals surface area contributed by atoms with E-state index in [0.29, 0.717) is 29.5 Å². The smallest absolute Gasteiger partial charge is 0.237 e. The molecular weight excluding hydrogens is 410 g/mol. The summed E-state index contributed by atoms with van der Waals surface area (Å²) in [5.74, 6) is 0.101. The van der Waals surface area contributed by atoms with Crippen molar-refractivity contribution in [3.05, 3.63) is 29.3 Å². The minimum atomic E-state index is -0.183. The third-order valence-corrected chi connectivity index (χ3v) is 5.69. The van der Waals surface area contributed by atoms with Crippen molar-refractivity contribution in [3.8, 4) is 0 Å². The molecule has 0 spiro atoms. The van der Waals surface area contributed by atoms with Gasteiger partial charge in [-0.25, -0.2) is 0 Å². The van der Waals surface area contributed by atoms with Crippen LogP contribution < -0.4 is 21.3 Å². The molecule has 2 aliphatic rings. The molecule has 2 aliphatic heterocycles. The number of nitrogens with zero attached hydrogens (tertiary/aromatic N) is 1. The van der Waals surface area contributed by atoms with Gasteiger partial charge in [0.25, 0.3) is 0 Å². The third-order valence-electron chi connectivity index (χ3n) is 5.21. The van der Waals surface area contributed by atoms with Crippen molar-refractivity contribution in [2.24, 2.45) is 0 Å². The zero-order chi connectivity index (χ0) is 21.0. The normalized spacial score (nSPS) is 24.0. The molecule has 1 aromatic carbocycles. The Morgan fingerprint density at radius 3 is 2.76 bits per heavy atom. The van der Waals surface area contributed by atoms with Gasteiger partial charge in [0, 0.05) is 48.3 Å². The molecule has 0 aliphatic carbocycles.